The topological polar surface area (TPSA) is 84.2 Å². The lowest BCUT2D eigenvalue weighted by atomic mass is 9.92. The average Bonchev–Trinajstić information content (AvgIpc) is 2.47. The summed E-state index contributed by atoms with van der Waals surface area (Å²) >= 11 is 0. The Morgan fingerprint density at radius 3 is 2.81 bits per heavy atom. The summed E-state index contributed by atoms with van der Waals surface area (Å²) in [5.74, 6) is -1.03. The van der Waals surface area contributed by atoms with E-state index < -0.39 is 26.8 Å². The summed E-state index contributed by atoms with van der Waals surface area (Å²) < 4.78 is 29.2. The molecule has 112 valence electrons. The van der Waals surface area contributed by atoms with Crippen LogP contribution in [0, 0.1) is 11.3 Å². The largest absolute Gasteiger partial charge is 0.497 e. The van der Waals surface area contributed by atoms with E-state index in [1.807, 2.05) is 6.07 Å². The highest BCUT2D eigenvalue weighted by molar-refractivity contribution is 7.92. The van der Waals surface area contributed by atoms with Gasteiger partial charge in [-0.05, 0) is 30.5 Å². The Morgan fingerprint density at radius 2 is 2.19 bits per heavy atom. The summed E-state index contributed by atoms with van der Waals surface area (Å²) in [6, 6.07) is 8.57. The van der Waals surface area contributed by atoms with Crippen LogP contribution in [0.4, 0.5) is 0 Å². The van der Waals surface area contributed by atoms with Crippen LogP contribution >= 0.6 is 0 Å². The van der Waals surface area contributed by atoms with Gasteiger partial charge in [0.05, 0.1) is 18.9 Å². The molecule has 1 aliphatic rings. The molecule has 1 aliphatic heterocycles. The molecule has 1 saturated heterocycles. The molecule has 0 bridgehead atoms. The van der Waals surface area contributed by atoms with Crippen molar-refractivity contribution in [2.45, 2.75) is 30.4 Å². The van der Waals surface area contributed by atoms with E-state index in [2.05, 4.69) is 0 Å². The molecule has 1 aromatic carbocycles. The lowest BCUT2D eigenvalue weighted by Crippen LogP contribution is -2.38. The number of ketones is 1. The van der Waals surface area contributed by atoms with Crippen molar-refractivity contribution in [2.24, 2.45) is 0 Å². The summed E-state index contributed by atoms with van der Waals surface area (Å²) in [4.78, 5) is 12.5. The third-order valence-corrected chi connectivity index (χ3v) is 5.93. The van der Waals surface area contributed by atoms with E-state index in [1.165, 1.54) is 7.11 Å². The van der Waals surface area contributed by atoms with Crippen LogP contribution in [-0.4, -0.2) is 32.3 Å². The Morgan fingerprint density at radius 1 is 1.43 bits per heavy atom. The van der Waals surface area contributed by atoms with Gasteiger partial charge in [-0.2, -0.15) is 5.26 Å². The van der Waals surface area contributed by atoms with Crippen molar-refractivity contribution < 1.29 is 17.9 Å². The van der Waals surface area contributed by atoms with Crippen molar-refractivity contribution in [1.82, 2.24) is 0 Å². The Bertz CT molecular complexity index is 675. The molecule has 6 heteroatoms. The molecule has 2 atom stereocenters. The van der Waals surface area contributed by atoms with Crippen LogP contribution in [0.2, 0.25) is 0 Å². The van der Waals surface area contributed by atoms with Gasteiger partial charge < -0.3 is 4.74 Å². The number of benzene rings is 1. The van der Waals surface area contributed by atoms with Gasteiger partial charge in [-0.1, -0.05) is 18.6 Å². The first-order valence-electron chi connectivity index (χ1n) is 6.78. The molecule has 1 aromatic rings. The molecule has 0 amide bonds. The summed E-state index contributed by atoms with van der Waals surface area (Å²) in [5.41, 5.74) is 0.475. The molecule has 1 fully saturated rings. The van der Waals surface area contributed by atoms with Crippen molar-refractivity contribution >= 4 is 15.6 Å². The first kappa shape index (κ1) is 15.5. The predicted octanol–water partition coefficient (Wildman–Crippen LogP) is 1.84. The van der Waals surface area contributed by atoms with Crippen LogP contribution in [0.5, 0.6) is 5.75 Å². The summed E-state index contributed by atoms with van der Waals surface area (Å²) in [7, 11) is -1.94. The first-order chi connectivity index (χ1) is 9.99. The summed E-state index contributed by atoms with van der Waals surface area (Å²) in [5, 5.41) is 8.25. The van der Waals surface area contributed by atoms with Gasteiger partial charge in [-0.3, -0.25) is 4.79 Å². The highest BCUT2D eigenvalue weighted by Gasteiger charge is 2.38. The minimum absolute atomic E-state index is 0.0274. The first-order valence-corrected chi connectivity index (χ1v) is 8.50. The molecule has 0 aromatic heterocycles. The number of carbonyl (C=O) groups excluding carboxylic acids is 1. The van der Waals surface area contributed by atoms with E-state index in [4.69, 9.17) is 4.74 Å². The van der Waals surface area contributed by atoms with E-state index in [1.54, 1.807) is 24.3 Å². The highest BCUT2D eigenvalue weighted by atomic mass is 32.2. The number of methoxy groups -OCH3 is 1. The van der Waals surface area contributed by atoms with Crippen molar-refractivity contribution in [1.29, 1.82) is 5.26 Å². The fourth-order valence-corrected chi connectivity index (χ4v) is 4.49. The van der Waals surface area contributed by atoms with Crippen molar-refractivity contribution in [2.75, 3.05) is 12.9 Å². The minimum Gasteiger partial charge on any atom is -0.497 e. The van der Waals surface area contributed by atoms with Crippen LogP contribution in [0.25, 0.3) is 0 Å². The number of Topliss-reactive ketones (excluding diaryl/α,β-unsaturated/α-hetero) is 1. The standard InChI is InChI=1S/C15H17NO4S/c1-20-12-6-4-5-11(9-12)13(10-16)15(17)14-7-2-3-8-21(14,18)19/h4-6,9,13-14H,2-3,7-8H2,1H3. The van der Waals surface area contributed by atoms with Gasteiger partial charge in [0.1, 0.15) is 16.9 Å². The zero-order chi connectivity index (χ0) is 15.5. The van der Waals surface area contributed by atoms with Crippen molar-refractivity contribution in [3.63, 3.8) is 0 Å². The number of hydrogen-bond donors (Lipinski definition) is 0. The van der Waals surface area contributed by atoms with Crippen LogP contribution in [-0.2, 0) is 14.6 Å². The van der Waals surface area contributed by atoms with Gasteiger partial charge in [0.15, 0.2) is 15.6 Å². The number of rotatable bonds is 4. The van der Waals surface area contributed by atoms with E-state index in [0.717, 1.165) is 0 Å². The molecule has 1 heterocycles. The zero-order valence-corrected chi connectivity index (χ0v) is 12.6. The van der Waals surface area contributed by atoms with E-state index >= 15 is 0 Å². The third-order valence-electron chi connectivity index (χ3n) is 3.74. The quantitative estimate of drug-likeness (QED) is 0.847. The summed E-state index contributed by atoms with van der Waals surface area (Å²) in [6.45, 7) is 0. The highest BCUT2D eigenvalue weighted by Crippen LogP contribution is 2.28. The molecule has 0 saturated carbocycles. The van der Waals surface area contributed by atoms with E-state index in [-0.39, 0.29) is 5.75 Å². The van der Waals surface area contributed by atoms with Gasteiger partial charge in [-0.15, -0.1) is 0 Å². The van der Waals surface area contributed by atoms with Crippen LogP contribution in [0.3, 0.4) is 0 Å². The lowest BCUT2D eigenvalue weighted by Gasteiger charge is -2.23. The second-order valence-corrected chi connectivity index (χ2v) is 7.40. The third kappa shape index (κ3) is 3.24. The van der Waals surface area contributed by atoms with Crippen LogP contribution < -0.4 is 4.74 Å². The maximum atomic E-state index is 12.5. The minimum atomic E-state index is -3.43. The predicted molar refractivity (Wildman–Crippen MR) is 77.8 cm³/mol. The Balaban J connectivity index is 2.32. The number of nitriles is 1. The number of nitrogens with zero attached hydrogens (tertiary/aromatic N) is 1. The smallest absolute Gasteiger partial charge is 0.172 e. The maximum Gasteiger partial charge on any atom is 0.172 e. The van der Waals surface area contributed by atoms with Crippen molar-refractivity contribution in [3.05, 3.63) is 29.8 Å². The molecule has 0 radical (unpaired) electrons. The van der Waals surface area contributed by atoms with Gasteiger partial charge >= 0.3 is 0 Å². The normalized spacial score (nSPS) is 22.0. The zero-order valence-electron chi connectivity index (χ0n) is 11.8. The lowest BCUT2D eigenvalue weighted by molar-refractivity contribution is -0.119. The van der Waals surface area contributed by atoms with E-state index in [0.29, 0.717) is 30.6 Å². The van der Waals surface area contributed by atoms with Gasteiger partial charge in [0, 0.05) is 0 Å². The monoisotopic (exact) mass is 307 g/mol. The number of sulfone groups is 1. The Kier molecular flexibility index (Phi) is 4.63. The summed E-state index contributed by atoms with van der Waals surface area (Å²) in [6.07, 6.45) is 1.59. The van der Waals surface area contributed by atoms with Crippen molar-refractivity contribution in [3.8, 4) is 11.8 Å². The van der Waals surface area contributed by atoms with Crippen LogP contribution in [0.1, 0.15) is 30.7 Å². The second-order valence-electron chi connectivity index (χ2n) is 5.09. The molecule has 0 spiro atoms. The fraction of sp³-hybridized carbons (Fsp3) is 0.467. The van der Waals surface area contributed by atoms with Gasteiger partial charge in [-0.25, -0.2) is 8.42 Å². The number of carbonyl (C=O) groups is 1. The molecule has 0 aliphatic carbocycles. The molecule has 0 N–H and O–H groups in total. The Labute approximate surface area is 124 Å². The number of hydrogen-bond acceptors (Lipinski definition) is 5. The molecular weight excluding hydrogens is 290 g/mol. The van der Waals surface area contributed by atoms with Crippen LogP contribution in [0.15, 0.2) is 24.3 Å². The number of ether oxygens (including phenoxy) is 1. The van der Waals surface area contributed by atoms with Gasteiger partial charge in [0.2, 0.25) is 0 Å². The Hall–Kier alpha value is -1.87. The maximum absolute atomic E-state index is 12.5. The SMILES string of the molecule is COc1cccc(C(C#N)C(=O)C2CCCCS2(=O)=O)c1. The molecule has 5 nitrogen and oxygen atoms in total. The van der Waals surface area contributed by atoms with Gasteiger partial charge in [0.25, 0.3) is 0 Å². The van der Waals surface area contributed by atoms with E-state index in [9.17, 15) is 18.5 Å². The average molecular weight is 307 g/mol. The fourth-order valence-electron chi connectivity index (χ4n) is 2.58. The second kappa shape index (κ2) is 6.27. The molecule has 2 rings (SSSR count). The molecule has 2 unspecified atom stereocenters. The molecular formula is C15H17NO4S. The molecule has 21 heavy (non-hydrogen) atoms.